The molecular formula is C13H20N4O2. The Hall–Kier alpha value is -1.66. The molecule has 0 bridgehead atoms. The fraction of sp³-hybridized carbons (Fsp3) is 0.538. The van der Waals surface area contributed by atoms with Gasteiger partial charge in [-0.3, -0.25) is 15.6 Å². The number of carbonyl (C=O) groups excluding carboxylic acids is 1. The molecule has 1 saturated heterocycles. The Kier molecular flexibility index (Phi) is 4.70. The van der Waals surface area contributed by atoms with Gasteiger partial charge in [0.2, 0.25) is 0 Å². The van der Waals surface area contributed by atoms with Crippen LogP contribution in [0.1, 0.15) is 23.3 Å². The Morgan fingerprint density at radius 2 is 2.32 bits per heavy atom. The van der Waals surface area contributed by atoms with Crippen molar-refractivity contribution in [2.45, 2.75) is 12.8 Å². The number of amides is 1. The van der Waals surface area contributed by atoms with Crippen LogP contribution >= 0.6 is 0 Å². The number of carbonyl (C=O) groups is 1. The lowest BCUT2D eigenvalue weighted by molar-refractivity contribution is 0.0608. The van der Waals surface area contributed by atoms with Crippen LogP contribution in [0.2, 0.25) is 0 Å². The molecule has 3 N–H and O–H groups in total. The Balaban J connectivity index is 1.97. The Morgan fingerprint density at radius 3 is 2.95 bits per heavy atom. The summed E-state index contributed by atoms with van der Waals surface area (Å²) in [6.07, 6.45) is 3.54. The standard InChI is InChI=1S/C13H20N4O2/c1-19-9-10-3-6-17(7-4-10)13(18)12-8-11(16-14)2-5-15-12/h2,5,8,10H,3-4,6-7,9,14H2,1H3,(H,15,16). The molecule has 1 amide bonds. The molecule has 0 unspecified atom stereocenters. The summed E-state index contributed by atoms with van der Waals surface area (Å²) in [5.41, 5.74) is 3.64. The first-order valence-electron chi connectivity index (χ1n) is 6.45. The van der Waals surface area contributed by atoms with Gasteiger partial charge in [-0.05, 0) is 30.9 Å². The zero-order valence-corrected chi connectivity index (χ0v) is 11.1. The van der Waals surface area contributed by atoms with Crippen LogP contribution in [0.25, 0.3) is 0 Å². The lowest BCUT2D eigenvalue weighted by Crippen LogP contribution is -2.39. The number of ether oxygens (including phenoxy) is 1. The van der Waals surface area contributed by atoms with Gasteiger partial charge in [0, 0.05) is 33.0 Å². The maximum absolute atomic E-state index is 12.3. The number of piperidine rings is 1. The molecule has 6 nitrogen and oxygen atoms in total. The second-order valence-electron chi connectivity index (χ2n) is 4.77. The van der Waals surface area contributed by atoms with Gasteiger partial charge < -0.3 is 15.1 Å². The third-order valence-corrected chi connectivity index (χ3v) is 3.45. The highest BCUT2D eigenvalue weighted by Crippen LogP contribution is 2.19. The molecule has 104 valence electrons. The molecule has 1 aliphatic rings. The highest BCUT2D eigenvalue weighted by Gasteiger charge is 2.24. The zero-order chi connectivity index (χ0) is 13.7. The van der Waals surface area contributed by atoms with Crippen LogP contribution in [0.4, 0.5) is 5.69 Å². The molecule has 2 heterocycles. The van der Waals surface area contributed by atoms with E-state index in [1.54, 1.807) is 25.4 Å². The molecule has 0 aliphatic carbocycles. The summed E-state index contributed by atoms with van der Waals surface area (Å²) >= 11 is 0. The molecule has 1 aromatic heterocycles. The van der Waals surface area contributed by atoms with Crippen molar-refractivity contribution < 1.29 is 9.53 Å². The number of hydrogen-bond acceptors (Lipinski definition) is 5. The van der Waals surface area contributed by atoms with Crippen molar-refractivity contribution in [2.24, 2.45) is 11.8 Å². The molecule has 1 aliphatic heterocycles. The van der Waals surface area contributed by atoms with Crippen molar-refractivity contribution in [1.29, 1.82) is 0 Å². The second-order valence-corrected chi connectivity index (χ2v) is 4.77. The monoisotopic (exact) mass is 264 g/mol. The molecule has 19 heavy (non-hydrogen) atoms. The van der Waals surface area contributed by atoms with E-state index in [0.29, 0.717) is 17.3 Å². The molecule has 0 spiro atoms. The van der Waals surface area contributed by atoms with Crippen molar-refractivity contribution in [3.8, 4) is 0 Å². The number of aromatic nitrogens is 1. The Bertz CT molecular complexity index is 430. The maximum atomic E-state index is 12.3. The molecule has 0 aromatic carbocycles. The number of pyridine rings is 1. The first kappa shape index (κ1) is 13.8. The Labute approximate surface area is 112 Å². The van der Waals surface area contributed by atoms with Gasteiger partial charge in [-0.2, -0.15) is 0 Å². The third kappa shape index (κ3) is 3.42. The lowest BCUT2D eigenvalue weighted by Gasteiger charge is -2.31. The van der Waals surface area contributed by atoms with Crippen LogP contribution < -0.4 is 11.3 Å². The number of methoxy groups -OCH3 is 1. The number of nitrogens with two attached hydrogens (primary N) is 1. The van der Waals surface area contributed by atoms with E-state index in [0.717, 1.165) is 32.5 Å². The van der Waals surface area contributed by atoms with Crippen molar-refractivity contribution in [3.63, 3.8) is 0 Å². The normalized spacial score (nSPS) is 16.4. The predicted octanol–water partition coefficient (Wildman–Crippen LogP) is 0.866. The molecule has 6 heteroatoms. The molecule has 0 radical (unpaired) electrons. The van der Waals surface area contributed by atoms with Crippen molar-refractivity contribution in [3.05, 3.63) is 24.0 Å². The van der Waals surface area contributed by atoms with Crippen molar-refractivity contribution >= 4 is 11.6 Å². The minimum Gasteiger partial charge on any atom is -0.384 e. The maximum Gasteiger partial charge on any atom is 0.272 e. The number of nitrogens with zero attached hydrogens (tertiary/aromatic N) is 2. The number of hydrogen-bond donors (Lipinski definition) is 2. The van der Waals surface area contributed by atoms with Gasteiger partial charge in [0.1, 0.15) is 5.69 Å². The van der Waals surface area contributed by atoms with Gasteiger partial charge in [0.15, 0.2) is 0 Å². The van der Waals surface area contributed by atoms with Gasteiger partial charge >= 0.3 is 0 Å². The summed E-state index contributed by atoms with van der Waals surface area (Å²) in [7, 11) is 1.72. The van der Waals surface area contributed by atoms with Crippen LogP contribution in [-0.2, 0) is 4.74 Å². The predicted molar refractivity (Wildman–Crippen MR) is 72.6 cm³/mol. The fourth-order valence-corrected chi connectivity index (χ4v) is 2.34. The van der Waals surface area contributed by atoms with E-state index in [1.165, 1.54) is 0 Å². The first-order valence-corrected chi connectivity index (χ1v) is 6.45. The molecule has 0 atom stereocenters. The van der Waals surface area contributed by atoms with E-state index in [1.807, 2.05) is 4.90 Å². The van der Waals surface area contributed by atoms with Crippen LogP contribution in [0.5, 0.6) is 0 Å². The van der Waals surface area contributed by atoms with Crippen molar-refractivity contribution in [2.75, 3.05) is 32.2 Å². The average molecular weight is 264 g/mol. The van der Waals surface area contributed by atoms with E-state index >= 15 is 0 Å². The van der Waals surface area contributed by atoms with Gasteiger partial charge in [-0.1, -0.05) is 0 Å². The minimum atomic E-state index is -0.0343. The number of likely N-dealkylation sites (tertiary alicyclic amines) is 1. The minimum absolute atomic E-state index is 0.0343. The van der Waals surface area contributed by atoms with Crippen LogP contribution in [0.3, 0.4) is 0 Å². The van der Waals surface area contributed by atoms with Crippen LogP contribution in [0, 0.1) is 5.92 Å². The molecule has 1 fully saturated rings. The highest BCUT2D eigenvalue weighted by molar-refractivity contribution is 5.93. The van der Waals surface area contributed by atoms with E-state index in [9.17, 15) is 4.79 Å². The largest absolute Gasteiger partial charge is 0.384 e. The number of rotatable bonds is 4. The molecule has 0 saturated carbocycles. The van der Waals surface area contributed by atoms with E-state index in [-0.39, 0.29) is 5.91 Å². The summed E-state index contributed by atoms with van der Waals surface area (Å²) in [6.45, 7) is 2.29. The summed E-state index contributed by atoms with van der Waals surface area (Å²) in [5.74, 6) is 5.85. The van der Waals surface area contributed by atoms with Crippen LogP contribution in [0.15, 0.2) is 18.3 Å². The summed E-state index contributed by atoms with van der Waals surface area (Å²) in [4.78, 5) is 18.2. The van der Waals surface area contributed by atoms with Gasteiger partial charge in [-0.25, -0.2) is 0 Å². The average Bonchev–Trinajstić information content (AvgIpc) is 2.48. The zero-order valence-electron chi connectivity index (χ0n) is 11.1. The summed E-state index contributed by atoms with van der Waals surface area (Å²) < 4.78 is 5.15. The summed E-state index contributed by atoms with van der Waals surface area (Å²) in [6, 6.07) is 3.39. The summed E-state index contributed by atoms with van der Waals surface area (Å²) in [5, 5.41) is 0. The van der Waals surface area contributed by atoms with Gasteiger partial charge in [0.05, 0.1) is 5.69 Å². The smallest absolute Gasteiger partial charge is 0.272 e. The second kappa shape index (κ2) is 6.49. The van der Waals surface area contributed by atoms with Crippen molar-refractivity contribution in [1.82, 2.24) is 9.88 Å². The fourth-order valence-electron chi connectivity index (χ4n) is 2.34. The van der Waals surface area contributed by atoms with E-state index in [2.05, 4.69) is 10.4 Å². The lowest BCUT2D eigenvalue weighted by atomic mass is 9.97. The quantitative estimate of drug-likeness (QED) is 0.623. The molecular weight excluding hydrogens is 244 g/mol. The van der Waals surface area contributed by atoms with Gasteiger partial charge in [0.25, 0.3) is 5.91 Å². The first-order chi connectivity index (χ1) is 9.24. The molecule has 2 rings (SSSR count). The van der Waals surface area contributed by atoms with Gasteiger partial charge in [-0.15, -0.1) is 0 Å². The van der Waals surface area contributed by atoms with Crippen LogP contribution in [-0.4, -0.2) is 42.6 Å². The number of nitrogens with one attached hydrogen (secondary N) is 1. The van der Waals surface area contributed by atoms with E-state index < -0.39 is 0 Å². The molecule has 1 aromatic rings. The van der Waals surface area contributed by atoms with E-state index in [4.69, 9.17) is 10.6 Å². The third-order valence-electron chi connectivity index (χ3n) is 3.45. The number of nitrogen functional groups attached to an aromatic ring is 1. The number of hydrazine groups is 1. The highest BCUT2D eigenvalue weighted by atomic mass is 16.5. The number of anilines is 1. The Morgan fingerprint density at radius 1 is 1.58 bits per heavy atom. The SMILES string of the molecule is COCC1CCN(C(=O)c2cc(NN)ccn2)CC1. The topological polar surface area (TPSA) is 80.5 Å².